The second-order valence-electron chi connectivity index (χ2n) is 6.50. The number of nitrogens with zero attached hydrogens (tertiary/aromatic N) is 2. The van der Waals surface area contributed by atoms with Gasteiger partial charge in [-0.05, 0) is 65.2 Å². The van der Waals surface area contributed by atoms with E-state index in [1.807, 2.05) is 36.0 Å². The molecule has 0 atom stereocenters. The van der Waals surface area contributed by atoms with Gasteiger partial charge in [-0.15, -0.1) is 0 Å². The van der Waals surface area contributed by atoms with Crippen molar-refractivity contribution in [2.24, 2.45) is 0 Å². The highest BCUT2D eigenvalue weighted by Crippen LogP contribution is 2.28. The molecule has 3 rings (SSSR count). The zero-order valence-corrected chi connectivity index (χ0v) is 18.9. The summed E-state index contributed by atoms with van der Waals surface area (Å²) in [5.74, 6) is 0.431. The first-order chi connectivity index (χ1) is 13.9. The average Bonchev–Trinajstić information content (AvgIpc) is 3.02. The molecule has 0 spiro atoms. The van der Waals surface area contributed by atoms with Crippen molar-refractivity contribution >= 4 is 45.0 Å². The van der Waals surface area contributed by atoms with Gasteiger partial charge in [-0.1, -0.05) is 35.3 Å². The van der Waals surface area contributed by atoms with Crippen molar-refractivity contribution in [3.05, 3.63) is 80.0 Å². The highest BCUT2D eigenvalue weighted by Gasteiger charge is 2.08. The smallest absolute Gasteiger partial charge is 0.251 e. The average molecular weight is 497 g/mol. The zero-order chi connectivity index (χ0) is 20.8. The number of ether oxygens (including phenoxy) is 1. The Morgan fingerprint density at radius 1 is 1.24 bits per heavy atom. The number of benzene rings is 2. The topological polar surface area (TPSA) is 56.2 Å². The van der Waals surface area contributed by atoms with Gasteiger partial charge >= 0.3 is 0 Å². The highest BCUT2D eigenvalue weighted by atomic mass is 79.9. The molecule has 1 heterocycles. The first-order valence-corrected chi connectivity index (χ1v) is 10.6. The summed E-state index contributed by atoms with van der Waals surface area (Å²) < 4.78 is 8.59. The molecule has 3 aromatic rings. The van der Waals surface area contributed by atoms with Crippen molar-refractivity contribution in [2.75, 3.05) is 6.54 Å². The molecule has 5 nitrogen and oxygen atoms in total. The molecular weight excluding hydrogens is 477 g/mol. The van der Waals surface area contributed by atoms with Crippen molar-refractivity contribution in [3.8, 4) is 5.75 Å². The Balaban J connectivity index is 1.49. The van der Waals surface area contributed by atoms with Gasteiger partial charge in [0.25, 0.3) is 5.91 Å². The number of hydrogen-bond acceptors (Lipinski definition) is 3. The van der Waals surface area contributed by atoms with E-state index in [0.29, 0.717) is 34.5 Å². The quantitative estimate of drug-likeness (QED) is 0.409. The molecule has 1 N–H and O–H groups in total. The van der Waals surface area contributed by atoms with Crippen LogP contribution in [0.25, 0.3) is 0 Å². The fourth-order valence-electron chi connectivity index (χ4n) is 2.71. The lowest BCUT2D eigenvalue weighted by molar-refractivity contribution is 0.0952. The minimum absolute atomic E-state index is 0.116. The van der Waals surface area contributed by atoms with E-state index >= 15 is 0 Å². The molecule has 152 valence electrons. The number of nitrogens with one attached hydrogen (secondary N) is 1. The molecule has 0 aliphatic heterocycles. The van der Waals surface area contributed by atoms with Crippen molar-refractivity contribution < 1.29 is 9.53 Å². The fourth-order valence-corrected chi connectivity index (χ4v) is 3.49. The molecule has 0 aliphatic rings. The van der Waals surface area contributed by atoms with E-state index in [1.165, 1.54) is 0 Å². The summed E-state index contributed by atoms with van der Waals surface area (Å²) in [6.45, 7) is 3.55. The molecular formula is C21H20BrCl2N3O2. The summed E-state index contributed by atoms with van der Waals surface area (Å²) in [5.41, 5.74) is 2.42. The molecule has 0 saturated carbocycles. The van der Waals surface area contributed by atoms with Crippen LogP contribution in [0.3, 0.4) is 0 Å². The van der Waals surface area contributed by atoms with Crippen molar-refractivity contribution in [1.82, 2.24) is 15.1 Å². The van der Waals surface area contributed by atoms with Gasteiger partial charge in [-0.25, -0.2) is 0 Å². The zero-order valence-electron chi connectivity index (χ0n) is 15.8. The number of amides is 1. The van der Waals surface area contributed by atoms with E-state index in [0.717, 1.165) is 28.7 Å². The van der Waals surface area contributed by atoms with Gasteiger partial charge in [0, 0.05) is 29.9 Å². The third-order valence-corrected chi connectivity index (χ3v) is 5.52. The van der Waals surface area contributed by atoms with Crippen LogP contribution in [0, 0.1) is 6.92 Å². The lowest BCUT2D eigenvalue weighted by atomic mass is 10.1. The van der Waals surface area contributed by atoms with Crippen molar-refractivity contribution in [2.45, 2.75) is 26.5 Å². The number of aromatic nitrogens is 2. The highest BCUT2D eigenvalue weighted by molar-refractivity contribution is 9.10. The summed E-state index contributed by atoms with van der Waals surface area (Å²) in [6, 6.07) is 12.4. The number of hydrogen-bond donors (Lipinski definition) is 1. The molecule has 0 radical (unpaired) electrons. The monoisotopic (exact) mass is 495 g/mol. The van der Waals surface area contributed by atoms with Gasteiger partial charge < -0.3 is 10.1 Å². The van der Waals surface area contributed by atoms with Crippen LogP contribution in [-0.4, -0.2) is 22.2 Å². The molecule has 1 aromatic heterocycles. The van der Waals surface area contributed by atoms with Gasteiger partial charge in [0.05, 0.1) is 15.2 Å². The van der Waals surface area contributed by atoms with Gasteiger partial charge in [-0.2, -0.15) is 5.10 Å². The maximum atomic E-state index is 12.4. The largest absolute Gasteiger partial charge is 0.487 e. The lowest BCUT2D eigenvalue weighted by Gasteiger charge is -2.10. The van der Waals surface area contributed by atoms with Crippen LogP contribution < -0.4 is 10.1 Å². The second-order valence-corrected chi connectivity index (χ2v) is 8.20. The predicted molar refractivity (Wildman–Crippen MR) is 119 cm³/mol. The third-order valence-electron chi connectivity index (χ3n) is 4.21. The van der Waals surface area contributed by atoms with Crippen LogP contribution in [0.15, 0.2) is 53.1 Å². The predicted octanol–water partition coefficient (Wildman–Crippen LogP) is 5.66. The molecule has 0 bridgehead atoms. The van der Waals surface area contributed by atoms with E-state index < -0.39 is 0 Å². The summed E-state index contributed by atoms with van der Waals surface area (Å²) >= 11 is 15.5. The molecule has 0 unspecified atom stereocenters. The minimum Gasteiger partial charge on any atom is -0.487 e. The molecule has 1 amide bonds. The van der Waals surface area contributed by atoms with Crippen LogP contribution in [-0.2, 0) is 13.2 Å². The number of carbonyl (C=O) groups excluding carboxylic acids is 1. The van der Waals surface area contributed by atoms with Crippen LogP contribution in [0.1, 0.15) is 28.0 Å². The van der Waals surface area contributed by atoms with Gasteiger partial charge in [-0.3, -0.25) is 9.48 Å². The van der Waals surface area contributed by atoms with E-state index in [1.54, 1.807) is 24.3 Å². The van der Waals surface area contributed by atoms with Crippen LogP contribution >= 0.6 is 39.1 Å². The third kappa shape index (κ3) is 6.23. The van der Waals surface area contributed by atoms with E-state index in [2.05, 4.69) is 26.3 Å². The summed E-state index contributed by atoms with van der Waals surface area (Å²) in [6.07, 6.45) is 2.73. The van der Waals surface area contributed by atoms with Gasteiger partial charge in [0.1, 0.15) is 12.4 Å². The van der Waals surface area contributed by atoms with Crippen LogP contribution in [0.4, 0.5) is 0 Å². The molecule has 29 heavy (non-hydrogen) atoms. The molecule has 0 aliphatic carbocycles. The maximum absolute atomic E-state index is 12.4. The Bertz CT molecular complexity index is 988. The van der Waals surface area contributed by atoms with E-state index in [4.69, 9.17) is 27.9 Å². The standard InChI is InChI=1S/C21H20BrCl2N3O2/c1-14-18(22)12-27(26-14)9-3-8-25-21(28)16-5-2-4-15(10-16)13-29-20-7-6-17(23)11-19(20)24/h2,4-7,10-12H,3,8-9,13H2,1H3,(H,25,28). The van der Waals surface area contributed by atoms with E-state index in [9.17, 15) is 4.79 Å². The fraction of sp³-hybridized carbons (Fsp3) is 0.238. The summed E-state index contributed by atoms with van der Waals surface area (Å²) in [7, 11) is 0. The molecule has 0 fully saturated rings. The Morgan fingerprint density at radius 2 is 2.07 bits per heavy atom. The molecule has 2 aromatic carbocycles. The number of aryl methyl sites for hydroxylation is 2. The van der Waals surface area contributed by atoms with Crippen LogP contribution in [0.5, 0.6) is 5.75 Å². The van der Waals surface area contributed by atoms with Crippen molar-refractivity contribution in [3.63, 3.8) is 0 Å². The Kier molecular flexibility index (Phi) is 7.58. The summed E-state index contributed by atoms with van der Waals surface area (Å²) in [4.78, 5) is 12.4. The first-order valence-electron chi connectivity index (χ1n) is 9.07. The Morgan fingerprint density at radius 3 is 2.79 bits per heavy atom. The Hall–Kier alpha value is -2.02. The minimum atomic E-state index is -0.116. The molecule has 0 saturated heterocycles. The number of halogens is 3. The SMILES string of the molecule is Cc1nn(CCCNC(=O)c2cccc(COc3ccc(Cl)cc3Cl)c2)cc1Br. The normalized spacial score (nSPS) is 10.8. The van der Waals surface area contributed by atoms with Gasteiger partial charge in [0.15, 0.2) is 0 Å². The first kappa shape index (κ1) is 21.7. The van der Waals surface area contributed by atoms with Gasteiger partial charge in [0.2, 0.25) is 0 Å². The number of carbonyl (C=O) groups is 1. The summed E-state index contributed by atoms with van der Waals surface area (Å²) in [5, 5.41) is 8.32. The molecule has 8 heteroatoms. The second kappa shape index (κ2) is 10.1. The Labute approximate surface area is 188 Å². The van der Waals surface area contributed by atoms with Crippen molar-refractivity contribution in [1.29, 1.82) is 0 Å². The maximum Gasteiger partial charge on any atom is 0.251 e. The number of rotatable bonds is 8. The van der Waals surface area contributed by atoms with E-state index in [-0.39, 0.29) is 5.91 Å². The lowest BCUT2D eigenvalue weighted by Crippen LogP contribution is -2.25. The van der Waals surface area contributed by atoms with Crippen LogP contribution in [0.2, 0.25) is 10.0 Å².